The molecule has 2 aromatic carbocycles. The highest BCUT2D eigenvalue weighted by Gasteiger charge is 2.28. The first-order valence-corrected chi connectivity index (χ1v) is 12.2. The van der Waals surface area contributed by atoms with E-state index in [1.807, 2.05) is 0 Å². The Kier molecular flexibility index (Phi) is 8.06. The Morgan fingerprint density at radius 1 is 1.12 bits per heavy atom. The molecule has 2 N–H and O–H groups in total. The average Bonchev–Trinajstić information content (AvgIpc) is 2.80. The molecule has 0 saturated carbocycles. The molecule has 0 spiro atoms. The van der Waals surface area contributed by atoms with Crippen LogP contribution >= 0.6 is 11.6 Å². The molecule has 1 fully saturated rings. The van der Waals surface area contributed by atoms with Crippen LogP contribution in [0, 0.1) is 11.7 Å². The minimum absolute atomic E-state index is 0.0106. The molecule has 11 heteroatoms. The second-order valence-electron chi connectivity index (χ2n) is 7.86. The molecule has 8 nitrogen and oxygen atoms in total. The number of ether oxygens (including phenoxy) is 1. The third-order valence-electron chi connectivity index (χ3n) is 5.13. The lowest BCUT2D eigenvalue weighted by Gasteiger charge is -2.26. The van der Waals surface area contributed by atoms with E-state index < -0.39 is 33.7 Å². The van der Waals surface area contributed by atoms with E-state index in [-0.39, 0.29) is 40.2 Å². The molecule has 1 saturated heterocycles. The van der Waals surface area contributed by atoms with Crippen LogP contribution < -0.4 is 10.6 Å². The second-order valence-corrected chi connectivity index (χ2v) is 10.2. The lowest BCUT2D eigenvalue weighted by atomic mass is 10.0. The first kappa shape index (κ1) is 25.1. The van der Waals surface area contributed by atoms with E-state index >= 15 is 0 Å². The summed E-state index contributed by atoms with van der Waals surface area (Å²) < 4.78 is 45.7. The van der Waals surface area contributed by atoms with Crippen molar-refractivity contribution in [1.29, 1.82) is 0 Å². The molecule has 1 unspecified atom stereocenters. The van der Waals surface area contributed by atoms with Crippen LogP contribution in [0.15, 0.2) is 47.4 Å². The Labute approximate surface area is 197 Å². The number of nitrogens with one attached hydrogen (secondary N) is 2. The lowest BCUT2D eigenvalue weighted by molar-refractivity contribution is -0.118. The van der Waals surface area contributed by atoms with Crippen molar-refractivity contribution >= 4 is 39.1 Å². The minimum atomic E-state index is -3.78. The topological polar surface area (TPSA) is 105 Å². The van der Waals surface area contributed by atoms with Gasteiger partial charge in [-0.2, -0.15) is 4.31 Å². The first-order chi connectivity index (χ1) is 15.6. The Bertz CT molecular complexity index is 1140. The molecule has 1 heterocycles. The van der Waals surface area contributed by atoms with E-state index in [1.165, 1.54) is 40.7 Å². The zero-order valence-corrected chi connectivity index (χ0v) is 19.7. The molecule has 33 heavy (non-hydrogen) atoms. The number of anilines is 1. The van der Waals surface area contributed by atoms with Gasteiger partial charge in [0, 0.05) is 24.3 Å². The van der Waals surface area contributed by atoms with Gasteiger partial charge >= 0.3 is 0 Å². The predicted octanol–water partition coefficient (Wildman–Crippen LogP) is 2.89. The molecule has 2 amide bonds. The summed E-state index contributed by atoms with van der Waals surface area (Å²) in [7, 11) is -3.78. The monoisotopic (exact) mass is 497 g/mol. The van der Waals surface area contributed by atoms with Gasteiger partial charge in [-0.1, -0.05) is 31.5 Å². The quantitative estimate of drug-likeness (QED) is 0.612. The summed E-state index contributed by atoms with van der Waals surface area (Å²) in [6, 6.07) is 8.49. The van der Waals surface area contributed by atoms with Crippen molar-refractivity contribution in [3.05, 3.63) is 58.9 Å². The number of nitrogens with zero attached hydrogens (tertiary/aromatic N) is 1. The number of carbonyl (C=O) groups excluding carboxylic acids is 2. The van der Waals surface area contributed by atoms with Crippen molar-refractivity contribution in [2.75, 3.05) is 31.6 Å². The first-order valence-electron chi connectivity index (χ1n) is 10.3. The Balaban J connectivity index is 1.75. The highest BCUT2D eigenvalue weighted by molar-refractivity contribution is 7.89. The molecule has 1 aliphatic rings. The van der Waals surface area contributed by atoms with E-state index in [0.29, 0.717) is 13.2 Å². The van der Waals surface area contributed by atoms with Gasteiger partial charge in [0.05, 0.1) is 23.1 Å². The maximum absolute atomic E-state index is 13.4. The van der Waals surface area contributed by atoms with Gasteiger partial charge in [-0.3, -0.25) is 9.59 Å². The molecule has 0 bridgehead atoms. The highest BCUT2D eigenvalue weighted by Crippen LogP contribution is 2.21. The minimum Gasteiger partial charge on any atom is -0.379 e. The maximum atomic E-state index is 13.4. The number of carbonyl (C=O) groups is 2. The summed E-state index contributed by atoms with van der Waals surface area (Å²) in [5.41, 5.74) is 0.387. The number of benzene rings is 2. The number of hydrogen-bond donors (Lipinski definition) is 2. The number of sulfonamides is 1. The van der Waals surface area contributed by atoms with E-state index in [9.17, 15) is 22.4 Å². The van der Waals surface area contributed by atoms with Crippen molar-refractivity contribution in [1.82, 2.24) is 9.62 Å². The average molecular weight is 498 g/mol. The van der Waals surface area contributed by atoms with Gasteiger partial charge in [0.1, 0.15) is 11.9 Å². The Hall–Kier alpha value is -2.53. The third-order valence-corrected chi connectivity index (χ3v) is 7.31. The molecule has 0 radical (unpaired) electrons. The van der Waals surface area contributed by atoms with Gasteiger partial charge in [-0.25, -0.2) is 12.8 Å². The molecule has 178 valence electrons. The zero-order chi connectivity index (χ0) is 24.2. The Morgan fingerprint density at radius 3 is 2.45 bits per heavy atom. The number of halogens is 2. The molecule has 1 atom stereocenters. The molecule has 2 aromatic rings. The largest absolute Gasteiger partial charge is 0.379 e. The number of morpholine rings is 1. The molecular weight excluding hydrogens is 473 g/mol. The van der Waals surface area contributed by atoms with Crippen LogP contribution in [0.2, 0.25) is 5.02 Å². The van der Waals surface area contributed by atoms with Gasteiger partial charge in [0.2, 0.25) is 15.9 Å². The van der Waals surface area contributed by atoms with Crippen molar-refractivity contribution in [3.8, 4) is 0 Å². The molecule has 3 rings (SSSR count). The van der Waals surface area contributed by atoms with E-state index in [2.05, 4.69) is 10.6 Å². The molecular formula is C22H25ClFN3O5S. The van der Waals surface area contributed by atoms with Gasteiger partial charge in [0.25, 0.3) is 5.91 Å². The summed E-state index contributed by atoms with van der Waals surface area (Å²) in [5.74, 6) is -2.02. The summed E-state index contributed by atoms with van der Waals surface area (Å²) in [5, 5.41) is 5.12. The lowest BCUT2D eigenvalue weighted by Crippen LogP contribution is -2.47. The SMILES string of the molecule is CC(C)C(NC(=O)c1cccc(S(=O)(=O)N2CCOCC2)c1)C(=O)Nc1ccc(F)c(Cl)c1. The van der Waals surface area contributed by atoms with Gasteiger partial charge in [-0.15, -0.1) is 0 Å². The highest BCUT2D eigenvalue weighted by atomic mass is 35.5. The van der Waals surface area contributed by atoms with Crippen molar-refractivity contribution in [3.63, 3.8) is 0 Å². The van der Waals surface area contributed by atoms with Crippen molar-refractivity contribution in [2.45, 2.75) is 24.8 Å². The summed E-state index contributed by atoms with van der Waals surface area (Å²) in [4.78, 5) is 25.6. The second kappa shape index (κ2) is 10.6. The fourth-order valence-electron chi connectivity index (χ4n) is 3.29. The van der Waals surface area contributed by atoms with E-state index in [0.717, 1.165) is 6.07 Å². The fourth-order valence-corrected chi connectivity index (χ4v) is 4.92. The number of rotatable bonds is 7. The van der Waals surface area contributed by atoms with Crippen LogP contribution in [-0.2, 0) is 19.6 Å². The normalized spacial score (nSPS) is 15.8. The van der Waals surface area contributed by atoms with Gasteiger partial charge < -0.3 is 15.4 Å². The van der Waals surface area contributed by atoms with E-state index in [4.69, 9.17) is 16.3 Å². The van der Waals surface area contributed by atoms with Crippen LogP contribution in [0.1, 0.15) is 24.2 Å². The third kappa shape index (κ3) is 6.08. The molecule has 0 aromatic heterocycles. The van der Waals surface area contributed by atoms with Crippen LogP contribution in [-0.4, -0.2) is 56.9 Å². The predicted molar refractivity (Wildman–Crippen MR) is 122 cm³/mol. The summed E-state index contributed by atoms with van der Waals surface area (Å²) in [6.07, 6.45) is 0. The maximum Gasteiger partial charge on any atom is 0.251 e. The Morgan fingerprint density at radius 2 is 1.82 bits per heavy atom. The summed E-state index contributed by atoms with van der Waals surface area (Å²) in [6.45, 7) is 4.60. The van der Waals surface area contributed by atoms with Gasteiger partial charge in [-0.05, 0) is 42.3 Å². The van der Waals surface area contributed by atoms with Gasteiger partial charge in [0.15, 0.2) is 0 Å². The van der Waals surface area contributed by atoms with Crippen molar-refractivity contribution in [2.24, 2.45) is 5.92 Å². The van der Waals surface area contributed by atoms with E-state index in [1.54, 1.807) is 13.8 Å². The number of hydrogen-bond acceptors (Lipinski definition) is 5. The van der Waals surface area contributed by atoms with Crippen LogP contribution in [0.5, 0.6) is 0 Å². The zero-order valence-electron chi connectivity index (χ0n) is 18.2. The fraction of sp³-hybridized carbons (Fsp3) is 0.364. The molecule has 1 aliphatic heterocycles. The standard InChI is InChI=1S/C22H25ClFN3O5S/c1-14(2)20(22(29)25-16-6-7-19(24)18(23)13-16)26-21(28)15-4-3-5-17(12-15)33(30,31)27-8-10-32-11-9-27/h3-7,12-14,20H,8-11H2,1-2H3,(H,25,29)(H,26,28). The molecule has 0 aliphatic carbocycles. The number of amides is 2. The van der Waals surface area contributed by atoms with Crippen LogP contribution in [0.3, 0.4) is 0 Å². The summed E-state index contributed by atoms with van der Waals surface area (Å²) >= 11 is 5.76. The van der Waals surface area contributed by atoms with Crippen LogP contribution in [0.25, 0.3) is 0 Å². The van der Waals surface area contributed by atoms with Crippen LogP contribution in [0.4, 0.5) is 10.1 Å². The van der Waals surface area contributed by atoms with Crippen molar-refractivity contribution < 1.29 is 27.1 Å². The smallest absolute Gasteiger partial charge is 0.251 e.